The molecule has 11 heavy (non-hydrogen) atoms. The van der Waals surface area contributed by atoms with Crippen molar-refractivity contribution < 1.29 is 20.1 Å². The Hall–Kier alpha value is -0.610. The molecule has 0 rings (SSSR count). The number of rotatable bonds is 3. The minimum absolute atomic E-state index is 0.0923. The van der Waals surface area contributed by atoms with Crippen LogP contribution in [0, 0.1) is 0 Å². The van der Waals surface area contributed by atoms with Gasteiger partial charge in [-0.1, -0.05) is 6.92 Å². The fourth-order valence-corrected chi connectivity index (χ4v) is 0.353. The molecule has 4 heteroatoms. The highest BCUT2D eigenvalue weighted by Crippen LogP contribution is 1.92. The smallest absolute Gasteiger partial charge is 0.300 e. The zero-order valence-corrected chi connectivity index (χ0v) is 6.95. The third kappa shape index (κ3) is 26.6. The average Bonchev–Trinajstić information content (AvgIpc) is 1.87. The molecular weight excluding hydrogens is 148 g/mol. The van der Waals surface area contributed by atoms with Crippen molar-refractivity contribution in [1.29, 1.82) is 0 Å². The van der Waals surface area contributed by atoms with Crippen molar-refractivity contribution >= 4 is 5.97 Å². The van der Waals surface area contributed by atoms with Crippen LogP contribution in [0.25, 0.3) is 0 Å². The number of aliphatic hydroxyl groups excluding tert-OH is 2. The van der Waals surface area contributed by atoms with E-state index in [2.05, 4.69) is 0 Å². The molecule has 0 aliphatic heterocycles. The highest BCUT2D eigenvalue weighted by Gasteiger charge is 1.95. The van der Waals surface area contributed by atoms with E-state index in [1.165, 1.54) is 0 Å². The van der Waals surface area contributed by atoms with Crippen molar-refractivity contribution in [2.75, 3.05) is 6.61 Å². The SMILES string of the molecule is CC(=O)O.CCC(O)CCO. The largest absolute Gasteiger partial charge is 0.481 e. The van der Waals surface area contributed by atoms with Crippen molar-refractivity contribution in [3.05, 3.63) is 0 Å². The molecule has 0 aliphatic rings. The van der Waals surface area contributed by atoms with Crippen LogP contribution in [-0.2, 0) is 4.79 Å². The Labute approximate surface area is 66.5 Å². The van der Waals surface area contributed by atoms with Gasteiger partial charge in [0, 0.05) is 13.5 Å². The molecule has 0 aliphatic carbocycles. The summed E-state index contributed by atoms with van der Waals surface area (Å²) >= 11 is 0. The molecule has 3 N–H and O–H groups in total. The Morgan fingerprint density at radius 3 is 2.00 bits per heavy atom. The normalized spacial score (nSPS) is 11.3. The number of hydrogen-bond acceptors (Lipinski definition) is 3. The van der Waals surface area contributed by atoms with Gasteiger partial charge in [0.25, 0.3) is 5.97 Å². The van der Waals surface area contributed by atoms with Gasteiger partial charge in [0.2, 0.25) is 0 Å². The Morgan fingerprint density at radius 2 is 1.91 bits per heavy atom. The van der Waals surface area contributed by atoms with E-state index in [1.807, 2.05) is 6.92 Å². The predicted molar refractivity (Wildman–Crippen MR) is 41.3 cm³/mol. The van der Waals surface area contributed by atoms with Gasteiger partial charge in [0.15, 0.2) is 0 Å². The molecule has 68 valence electrons. The minimum Gasteiger partial charge on any atom is -0.481 e. The van der Waals surface area contributed by atoms with Crippen LogP contribution < -0.4 is 0 Å². The average molecular weight is 164 g/mol. The first kappa shape index (κ1) is 13.0. The summed E-state index contributed by atoms with van der Waals surface area (Å²) in [7, 11) is 0. The fraction of sp³-hybridized carbons (Fsp3) is 0.857. The molecule has 0 saturated heterocycles. The molecule has 0 aromatic heterocycles. The summed E-state index contributed by atoms with van der Waals surface area (Å²) in [4.78, 5) is 9.00. The zero-order valence-electron chi connectivity index (χ0n) is 6.95. The molecular formula is C7H16O4. The van der Waals surface area contributed by atoms with Crippen molar-refractivity contribution in [3.63, 3.8) is 0 Å². The van der Waals surface area contributed by atoms with Gasteiger partial charge in [0.1, 0.15) is 0 Å². The van der Waals surface area contributed by atoms with Crippen LogP contribution in [0.4, 0.5) is 0 Å². The second kappa shape index (κ2) is 9.39. The molecule has 0 heterocycles. The fourth-order valence-electron chi connectivity index (χ4n) is 0.353. The van der Waals surface area contributed by atoms with Gasteiger partial charge >= 0.3 is 0 Å². The Bertz CT molecular complexity index is 88.4. The number of carboxylic acid groups (broad SMARTS) is 1. The first-order chi connectivity index (χ1) is 5.04. The number of carboxylic acids is 1. The summed E-state index contributed by atoms with van der Waals surface area (Å²) in [5.41, 5.74) is 0. The van der Waals surface area contributed by atoms with Gasteiger partial charge in [-0.3, -0.25) is 4.79 Å². The molecule has 0 spiro atoms. The maximum atomic E-state index is 9.00. The van der Waals surface area contributed by atoms with E-state index in [-0.39, 0.29) is 12.7 Å². The molecule has 0 radical (unpaired) electrons. The predicted octanol–water partition coefficient (Wildman–Crippen LogP) is 0.231. The summed E-state index contributed by atoms with van der Waals surface area (Å²) in [5.74, 6) is -0.833. The van der Waals surface area contributed by atoms with Gasteiger partial charge in [-0.2, -0.15) is 0 Å². The van der Waals surface area contributed by atoms with E-state index in [9.17, 15) is 0 Å². The molecule has 0 bridgehead atoms. The van der Waals surface area contributed by atoms with Crippen LogP contribution in [-0.4, -0.2) is 34.0 Å². The van der Waals surface area contributed by atoms with Crippen LogP contribution in [0.3, 0.4) is 0 Å². The van der Waals surface area contributed by atoms with Crippen molar-refractivity contribution in [2.45, 2.75) is 32.8 Å². The molecule has 0 saturated carbocycles. The zero-order chi connectivity index (χ0) is 9.28. The topological polar surface area (TPSA) is 77.8 Å². The van der Waals surface area contributed by atoms with E-state index < -0.39 is 5.97 Å². The van der Waals surface area contributed by atoms with Gasteiger partial charge < -0.3 is 15.3 Å². The van der Waals surface area contributed by atoms with E-state index in [0.717, 1.165) is 13.3 Å². The summed E-state index contributed by atoms with van der Waals surface area (Å²) < 4.78 is 0. The lowest BCUT2D eigenvalue weighted by Gasteiger charge is -2.01. The minimum atomic E-state index is -0.833. The summed E-state index contributed by atoms with van der Waals surface area (Å²) in [6.07, 6.45) is 0.946. The summed E-state index contributed by atoms with van der Waals surface area (Å²) in [6, 6.07) is 0. The third-order valence-corrected chi connectivity index (χ3v) is 0.934. The number of carbonyl (C=O) groups is 1. The Kier molecular flexibility index (Phi) is 11.1. The van der Waals surface area contributed by atoms with Crippen molar-refractivity contribution in [2.24, 2.45) is 0 Å². The maximum Gasteiger partial charge on any atom is 0.300 e. The first-order valence-electron chi connectivity index (χ1n) is 3.53. The number of aliphatic carboxylic acids is 1. The van der Waals surface area contributed by atoms with Crippen LogP contribution >= 0.6 is 0 Å². The van der Waals surface area contributed by atoms with Crippen LogP contribution in [0.15, 0.2) is 0 Å². The maximum absolute atomic E-state index is 9.00. The van der Waals surface area contributed by atoms with Gasteiger partial charge in [-0.25, -0.2) is 0 Å². The molecule has 1 atom stereocenters. The molecule has 4 nitrogen and oxygen atoms in total. The summed E-state index contributed by atoms with van der Waals surface area (Å²) in [6.45, 7) is 3.06. The van der Waals surface area contributed by atoms with Gasteiger partial charge in [-0.05, 0) is 12.8 Å². The number of hydrogen-bond donors (Lipinski definition) is 3. The second-order valence-electron chi connectivity index (χ2n) is 2.09. The van der Waals surface area contributed by atoms with E-state index in [4.69, 9.17) is 20.1 Å². The molecule has 0 amide bonds. The van der Waals surface area contributed by atoms with Crippen molar-refractivity contribution in [1.82, 2.24) is 0 Å². The monoisotopic (exact) mass is 164 g/mol. The van der Waals surface area contributed by atoms with Crippen molar-refractivity contribution in [3.8, 4) is 0 Å². The second-order valence-corrected chi connectivity index (χ2v) is 2.09. The van der Waals surface area contributed by atoms with E-state index in [0.29, 0.717) is 6.42 Å². The van der Waals surface area contributed by atoms with Gasteiger partial charge in [-0.15, -0.1) is 0 Å². The lowest BCUT2D eigenvalue weighted by molar-refractivity contribution is -0.134. The van der Waals surface area contributed by atoms with Crippen LogP contribution in [0.1, 0.15) is 26.7 Å². The van der Waals surface area contributed by atoms with Gasteiger partial charge in [0.05, 0.1) is 6.10 Å². The summed E-state index contributed by atoms with van der Waals surface area (Å²) in [5, 5.41) is 24.3. The third-order valence-electron chi connectivity index (χ3n) is 0.934. The Balaban J connectivity index is 0. The first-order valence-corrected chi connectivity index (χ1v) is 3.53. The highest BCUT2D eigenvalue weighted by molar-refractivity contribution is 5.62. The standard InChI is InChI=1S/C5H12O2.C2H4O2/c1-2-5(7)3-4-6;1-2(3)4/h5-7H,2-4H2,1H3;1H3,(H,3,4). The lowest BCUT2D eigenvalue weighted by atomic mass is 10.2. The molecule has 0 fully saturated rings. The highest BCUT2D eigenvalue weighted by atomic mass is 16.4. The molecule has 1 unspecified atom stereocenters. The molecule has 0 aromatic carbocycles. The van der Waals surface area contributed by atoms with E-state index in [1.54, 1.807) is 0 Å². The van der Waals surface area contributed by atoms with E-state index >= 15 is 0 Å². The Morgan fingerprint density at radius 1 is 1.55 bits per heavy atom. The molecule has 0 aromatic rings. The quantitative estimate of drug-likeness (QED) is 0.558. The van der Waals surface area contributed by atoms with Crippen LogP contribution in [0.5, 0.6) is 0 Å². The number of aliphatic hydroxyl groups is 2. The lowest BCUT2D eigenvalue weighted by Crippen LogP contribution is -2.05. The van der Waals surface area contributed by atoms with Crippen LogP contribution in [0.2, 0.25) is 0 Å².